The molecule has 3 aromatic rings. The molecule has 2 heterocycles. The van der Waals surface area contributed by atoms with Crippen LogP contribution in [0.3, 0.4) is 0 Å². The number of benzene rings is 2. The molecule has 7 nitrogen and oxygen atoms in total. The Morgan fingerprint density at radius 1 is 1.15 bits per heavy atom. The van der Waals surface area contributed by atoms with E-state index in [1.54, 1.807) is 0 Å². The Labute approximate surface area is 197 Å². The summed E-state index contributed by atoms with van der Waals surface area (Å²) in [4.78, 5) is 20.4. The Kier molecular flexibility index (Phi) is 6.46. The highest BCUT2D eigenvalue weighted by molar-refractivity contribution is 7.71. The first-order chi connectivity index (χ1) is 15.8. The largest absolute Gasteiger partial charge is 0.489 e. The van der Waals surface area contributed by atoms with E-state index in [-0.39, 0.29) is 10.9 Å². The average molecular weight is 463 g/mol. The molecule has 4 rings (SSSR count). The van der Waals surface area contributed by atoms with Crippen LogP contribution in [-0.4, -0.2) is 22.0 Å². The van der Waals surface area contributed by atoms with E-state index in [9.17, 15) is 4.79 Å². The molecule has 0 radical (unpaired) electrons. The molecule has 33 heavy (non-hydrogen) atoms. The molecule has 1 aromatic heterocycles. The van der Waals surface area contributed by atoms with Crippen molar-refractivity contribution in [2.24, 2.45) is 0 Å². The molecule has 0 aliphatic carbocycles. The molecule has 170 valence electrons. The van der Waals surface area contributed by atoms with Gasteiger partial charge in [0.2, 0.25) is 0 Å². The lowest BCUT2D eigenvalue weighted by Gasteiger charge is -2.30. The Morgan fingerprint density at radius 3 is 2.52 bits per heavy atom. The van der Waals surface area contributed by atoms with E-state index in [1.807, 2.05) is 75.4 Å². The van der Waals surface area contributed by atoms with Gasteiger partial charge in [0.1, 0.15) is 24.0 Å². The number of nitrogens with zero attached hydrogens (tertiary/aromatic N) is 1. The van der Waals surface area contributed by atoms with Gasteiger partial charge in [-0.1, -0.05) is 42.5 Å². The molecule has 1 aliphatic rings. The van der Waals surface area contributed by atoms with Crippen LogP contribution in [0.2, 0.25) is 0 Å². The Morgan fingerprint density at radius 2 is 1.85 bits per heavy atom. The number of rotatable bonds is 6. The van der Waals surface area contributed by atoms with Crippen LogP contribution in [0.25, 0.3) is 0 Å². The molecule has 1 unspecified atom stereocenters. The first-order valence-electron chi connectivity index (χ1n) is 10.7. The summed E-state index contributed by atoms with van der Waals surface area (Å²) < 4.78 is 11.7. The third-order valence-electron chi connectivity index (χ3n) is 5.31. The van der Waals surface area contributed by atoms with Gasteiger partial charge < -0.3 is 25.5 Å². The summed E-state index contributed by atoms with van der Waals surface area (Å²) in [6.07, 6.45) is -0.259. The van der Waals surface area contributed by atoms with Gasteiger partial charge >= 0.3 is 5.97 Å². The molecule has 1 atom stereocenters. The molecule has 0 spiro atoms. The fraction of sp³-hybridized carbons (Fsp3) is 0.240. The van der Waals surface area contributed by atoms with Crippen LogP contribution in [0.1, 0.15) is 43.4 Å². The number of nitrogens with two attached hydrogens (primary N) is 1. The molecule has 2 aromatic carbocycles. The minimum Gasteiger partial charge on any atom is -0.489 e. The highest BCUT2D eigenvalue weighted by atomic mass is 32.1. The maximum Gasteiger partial charge on any atom is 0.337 e. The molecule has 4 N–H and O–H groups in total. The van der Waals surface area contributed by atoms with Gasteiger partial charge in [0.15, 0.2) is 4.77 Å². The van der Waals surface area contributed by atoms with E-state index in [0.29, 0.717) is 35.1 Å². The third kappa shape index (κ3) is 4.90. The average Bonchev–Trinajstić information content (AvgIpc) is 2.77. The van der Waals surface area contributed by atoms with Crippen molar-refractivity contribution in [1.29, 1.82) is 0 Å². The van der Waals surface area contributed by atoms with Crippen molar-refractivity contribution in [1.82, 2.24) is 9.97 Å². The number of ether oxygens (including phenoxy) is 2. The number of anilines is 2. The zero-order chi connectivity index (χ0) is 23.5. The van der Waals surface area contributed by atoms with Gasteiger partial charge in [0.05, 0.1) is 17.6 Å². The summed E-state index contributed by atoms with van der Waals surface area (Å²) in [6, 6.07) is 17.6. The van der Waals surface area contributed by atoms with Crippen LogP contribution < -0.4 is 15.8 Å². The van der Waals surface area contributed by atoms with Gasteiger partial charge in [-0.2, -0.15) is 0 Å². The second kappa shape index (κ2) is 9.46. The zero-order valence-electron chi connectivity index (χ0n) is 18.7. The molecule has 0 saturated heterocycles. The summed E-state index contributed by atoms with van der Waals surface area (Å²) in [7, 11) is 0. The molecular formula is C25H26N4O3S. The van der Waals surface area contributed by atoms with E-state index in [0.717, 1.165) is 16.9 Å². The first kappa shape index (κ1) is 22.5. The van der Waals surface area contributed by atoms with Crippen LogP contribution in [-0.2, 0) is 16.1 Å². The lowest BCUT2D eigenvalue weighted by atomic mass is 9.82. The predicted molar refractivity (Wildman–Crippen MR) is 130 cm³/mol. The van der Waals surface area contributed by atoms with Gasteiger partial charge in [0, 0.05) is 11.3 Å². The fourth-order valence-electron chi connectivity index (χ4n) is 3.87. The number of fused-ring (bicyclic) bond motifs is 1. The Balaban J connectivity index is 1.71. The normalized spacial score (nSPS) is 15.1. The van der Waals surface area contributed by atoms with Crippen LogP contribution in [0.4, 0.5) is 11.6 Å². The molecule has 0 amide bonds. The van der Waals surface area contributed by atoms with Crippen LogP contribution in [0.5, 0.6) is 5.75 Å². The molecule has 1 aliphatic heterocycles. The molecule has 0 saturated carbocycles. The van der Waals surface area contributed by atoms with E-state index in [4.69, 9.17) is 27.4 Å². The Bertz CT molecular complexity index is 1250. The summed E-state index contributed by atoms with van der Waals surface area (Å²) >= 11 is 5.19. The van der Waals surface area contributed by atoms with Gasteiger partial charge in [-0.3, -0.25) is 0 Å². The number of hydrogen-bond acceptors (Lipinski definition) is 7. The van der Waals surface area contributed by atoms with Crippen molar-refractivity contribution >= 4 is 29.8 Å². The number of H-pyrrole nitrogens is 1. The summed E-state index contributed by atoms with van der Waals surface area (Å²) in [6.45, 7) is 5.93. The minimum absolute atomic E-state index is 0.259. The quantitative estimate of drug-likeness (QED) is 0.347. The second-order valence-corrected chi connectivity index (χ2v) is 8.50. The maximum atomic E-state index is 13.1. The highest BCUT2D eigenvalue weighted by Gasteiger charge is 2.36. The summed E-state index contributed by atoms with van der Waals surface area (Å²) in [5.74, 6) is 0.729. The summed E-state index contributed by atoms with van der Waals surface area (Å²) in [5.41, 5.74) is 10.0. The van der Waals surface area contributed by atoms with Crippen molar-refractivity contribution in [3.8, 4) is 5.75 Å². The number of hydrogen-bond donors (Lipinski definition) is 3. The second-order valence-electron chi connectivity index (χ2n) is 8.11. The predicted octanol–water partition coefficient (Wildman–Crippen LogP) is 5.08. The van der Waals surface area contributed by atoms with Crippen molar-refractivity contribution in [3.63, 3.8) is 0 Å². The van der Waals surface area contributed by atoms with Crippen LogP contribution in [0, 0.1) is 4.77 Å². The number of allylic oxidation sites excluding steroid dienone is 1. The van der Waals surface area contributed by atoms with E-state index >= 15 is 0 Å². The lowest BCUT2D eigenvalue weighted by Crippen LogP contribution is -2.27. The van der Waals surface area contributed by atoms with Gasteiger partial charge in [0.25, 0.3) is 0 Å². The highest BCUT2D eigenvalue weighted by Crippen LogP contribution is 2.43. The SMILES string of the molecule is CC1=C(C(=O)OC(C)C)C(c2ccc(OCc3ccccc3)cc2)c2c(nc(=S)[nH]c2N)N1. The number of esters is 1. The summed E-state index contributed by atoms with van der Waals surface area (Å²) in [5, 5.41) is 3.17. The maximum absolute atomic E-state index is 13.1. The van der Waals surface area contributed by atoms with Crippen molar-refractivity contribution in [2.45, 2.75) is 39.4 Å². The topological polar surface area (TPSA) is 102 Å². The smallest absolute Gasteiger partial charge is 0.337 e. The van der Waals surface area contributed by atoms with E-state index < -0.39 is 11.9 Å². The van der Waals surface area contributed by atoms with Gasteiger partial charge in [-0.15, -0.1) is 0 Å². The van der Waals surface area contributed by atoms with E-state index in [1.165, 1.54) is 0 Å². The van der Waals surface area contributed by atoms with Crippen LogP contribution >= 0.6 is 12.2 Å². The van der Waals surface area contributed by atoms with Gasteiger partial charge in [-0.05, 0) is 56.2 Å². The minimum atomic E-state index is -0.477. The third-order valence-corrected chi connectivity index (χ3v) is 5.51. The van der Waals surface area contributed by atoms with Crippen molar-refractivity contribution in [3.05, 3.63) is 87.3 Å². The van der Waals surface area contributed by atoms with Crippen molar-refractivity contribution < 1.29 is 14.3 Å². The number of nitrogens with one attached hydrogen (secondary N) is 2. The number of nitrogen functional groups attached to an aromatic ring is 1. The molecule has 0 fully saturated rings. The number of carbonyl (C=O) groups excluding carboxylic acids is 1. The fourth-order valence-corrected chi connectivity index (χ4v) is 4.07. The van der Waals surface area contributed by atoms with E-state index in [2.05, 4.69) is 15.3 Å². The molecule has 8 heteroatoms. The number of aromatic amines is 1. The number of aromatic nitrogens is 2. The Hall–Kier alpha value is -3.65. The van der Waals surface area contributed by atoms with Crippen LogP contribution in [0.15, 0.2) is 65.9 Å². The monoisotopic (exact) mass is 462 g/mol. The first-order valence-corrected chi connectivity index (χ1v) is 11.1. The zero-order valence-corrected chi connectivity index (χ0v) is 19.5. The standard InChI is InChI=1S/C25H26N4O3S/c1-14(2)32-24(30)19-15(3)27-23-21(22(26)28-25(33)29-23)20(19)17-9-11-18(12-10-17)31-13-16-7-5-4-6-8-16/h4-12,14,20H,13H2,1-3H3,(H4,26,27,28,29,33). The number of carbonyl (C=O) groups is 1. The van der Waals surface area contributed by atoms with Crippen molar-refractivity contribution in [2.75, 3.05) is 11.1 Å². The lowest BCUT2D eigenvalue weighted by molar-refractivity contribution is -0.142. The van der Waals surface area contributed by atoms with Gasteiger partial charge in [-0.25, -0.2) is 9.78 Å². The molecule has 0 bridgehead atoms. The molecular weight excluding hydrogens is 436 g/mol.